The maximum absolute atomic E-state index is 12.1. The van der Waals surface area contributed by atoms with Crippen molar-refractivity contribution in [2.45, 2.75) is 97.0 Å². The van der Waals surface area contributed by atoms with E-state index in [0.29, 0.717) is 61.2 Å². The van der Waals surface area contributed by atoms with Gasteiger partial charge in [-0.05, 0) is 92.3 Å². The second kappa shape index (κ2) is 9.93. The highest BCUT2D eigenvalue weighted by atomic mass is 16.4. The minimum absolute atomic E-state index is 0.174. The molecule has 0 heterocycles. The first-order chi connectivity index (χ1) is 14.3. The largest absolute Gasteiger partial charge is 0.481 e. The number of carboxylic acids is 1. The van der Waals surface area contributed by atoms with Crippen LogP contribution in [0.4, 0.5) is 0 Å². The molecule has 0 aromatic rings. The molecule has 170 valence electrons. The molecule has 3 saturated carbocycles. The van der Waals surface area contributed by atoms with E-state index >= 15 is 0 Å². The van der Waals surface area contributed by atoms with E-state index in [2.05, 4.69) is 13.8 Å². The van der Waals surface area contributed by atoms with Crippen molar-refractivity contribution in [1.82, 2.24) is 0 Å². The Hall–Kier alpha value is -1.23. The van der Waals surface area contributed by atoms with E-state index < -0.39 is 12.1 Å². The zero-order chi connectivity index (χ0) is 21.9. The summed E-state index contributed by atoms with van der Waals surface area (Å²) in [4.78, 5) is 34.8. The van der Waals surface area contributed by atoms with Crippen LogP contribution in [-0.2, 0) is 14.4 Å². The number of hydrogen-bond donors (Lipinski definition) is 2. The van der Waals surface area contributed by atoms with Gasteiger partial charge in [-0.1, -0.05) is 13.8 Å². The third-order valence-corrected chi connectivity index (χ3v) is 9.17. The fourth-order valence-electron chi connectivity index (χ4n) is 7.67. The molecule has 2 N–H and O–H groups in total. The van der Waals surface area contributed by atoms with Crippen molar-refractivity contribution < 1.29 is 24.6 Å². The Bertz CT molecular complexity index is 631. The predicted molar refractivity (Wildman–Crippen MR) is 115 cm³/mol. The maximum atomic E-state index is 12.1. The Morgan fingerprint density at radius 2 is 1.97 bits per heavy atom. The standard InChI is InChI=1S/C25H40O5/c1-16(3-10-24(29)30)22-8-9-23-21(12-14-26)20(11-13-25(22,23)2)17-4-6-18(27)15-19(28)7-5-17/h14,16-18,20-23,27H,3-13,15H2,1-2H3,(H,29,30)/t16-,17-,18+,20?,21?,22-,23?,25-/m1/s1. The topological polar surface area (TPSA) is 91.7 Å². The smallest absolute Gasteiger partial charge is 0.303 e. The van der Waals surface area contributed by atoms with Gasteiger partial charge in [-0.3, -0.25) is 9.59 Å². The summed E-state index contributed by atoms with van der Waals surface area (Å²) in [6, 6.07) is 0. The van der Waals surface area contributed by atoms with Crippen LogP contribution in [0.3, 0.4) is 0 Å². The molecular weight excluding hydrogens is 380 g/mol. The number of hydrogen-bond acceptors (Lipinski definition) is 4. The van der Waals surface area contributed by atoms with E-state index in [1.165, 1.54) is 0 Å². The SMILES string of the molecule is C[C@H](CCC(=O)O)[C@H]1CCC2C(CC=O)C([C@H]3CCC(=O)C[C@@H](O)CC3)CC[C@@]21C. The lowest BCUT2D eigenvalue weighted by molar-refractivity contribution is -0.137. The number of aldehydes is 1. The fraction of sp³-hybridized carbons (Fsp3) is 0.880. The zero-order valence-corrected chi connectivity index (χ0v) is 18.7. The quantitative estimate of drug-likeness (QED) is 0.585. The Labute approximate surface area is 181 Å². The summed E-state index contributed by atoms with van der Waals surface area (Å²) < 4.78 is 0. The first-order valence-corrected chi connectivity index (χ1v) is 12.1. The molecule has 0 aliphatic heterocycles. The molecule has 3 rings (SSSR count). The van der Waals surface area contributed by atoms with Crippen LogP contribution in [0.1, 0.15) is 90.9 Å². The van der Waals surface area contributed by atoms with Crippen molar-refractivity contribution in [2.75, 3.05) is 0 Å². The van der Waals surface area contributed by atoms with Gasteiger partial charge in [0.15, 0.2) is 0 Å². The Kier molecular flexibility index (Phi) is 7.76. The molecule has 0 aromatic heterocycles. The predicted octanol–water partition coefficient (Wildman–Crippen LogP) is 4.65. The minimum atomic E-state index is -0.717. The molecule has 5 heteroatoms. The number of aliphatic hydroxyl groups excluding tert-OH is 1. The zero-order valence-electron chi connectivity index (χ0n) is 18.7. The van der Waals surface area contributed by atoms with Gasteiger partial charge in [0.05, 0.1) is 6.10 Å². The molecule has 5 nitrogen and oxygen atoms in total. The van der Waals surface area contributed by atoms with Gasteiger partial charge in [0.25, 0.3) is 0 Å². The van der Waals surface area contributed by atoms with E-state index in [-0.39, 0.29) is 17.6 Å². The third-order valence-electron chi connectivity index (χ3n) is 9.17. The number of fused-ring (bicyclic) bond motifs is 1. The molecule has 0 amide bonds. The van der Waals surface area contributed by atoms with Gasteiger partial charge >= 0.3 is 5.97 Å². The van der Waals surface area contributed by atoms with Crippen molar-refractivity contribution in [3.8, 4) is 0 Å². The molecule has 3 unspecified atom stereocenters. The van der Waals surface area contributed by atoms with Crippen LogP contribution in [0.5, 0.6) is 0 Å². The Morgan fingerprint density at radius 1 is 1.20 bits per heavy atom. The van der Waals surface area contributed by atoms with Crippen molar-refractivity contribution in [3.63, 3.8) is 0 Å². The van der Waals surface area contributed by atoms with Crippen LogP contribution >= 0.6 is 0 Å². The molecule has 8 atom stereocenters. The van der Waals surface area contributed by atoms with Crippen molar-refractivity contribution >= 4 is 18.0 Å². The first kappa shape index (κ1) is 23.4. The van der Waals surface area contributed by atoms with Gasteiger partial charge in [0.2, 0.25) is 0 Å². The summed E-state index contributed by atoms with van der Waals surface area (Å²) in [6.45, 7) is 4.61. The highest BCUT2D eigenvalue weighted by molar-refractivity contribution is 5.78. The number of aliphatic hydroxyl groups is 1. The molecule has 0 saturated heterocycles. The molecule has 30 heavy (non-hydrogen) atoms. The Balaban J connectivity index is 1.75. The molecule has 3 aliphatic rings. The number of carbonyl (C=O) groups excluding carboxylic acids is 2. The molecular formula is C25H40O5. The minimum Gasteiger partial charge on any atom is -0.481 e. The second-order valence-corrected chi connectivity index (χ2v) is 10.7. The molecule has 3 fully saturated rings. The highest BCUT2D eigenvalue weighted by Crippen LogP contribution is 2.63. The van der Waals surface area contributed by atoms with E-state index in [1.54, 1.807) is 0 Å². The number of carbonyl (C=O) groups is 3. The van der Waals surface area contributed by atoms with E-state index in [9.17, 15) is 19.5 Å². The van der Waals surface area contributed by atoms with Crippen LogP contribution in [0, 0.1) is 40.9 Å². The molecule has 0 spiro atoms. The third kappa shape index (κ3) is 4.98. The second-order valence-electron chi connectivity index (χ2n) is 10.7. The first-order valence-electron chi connectivity index (χ1n) is 12.1. The number of aliphatic carboxylic acids is 1. The summed E-state index contributed by atoms with van der Waals surface area (Å²) >= 11 is 0. The van der Waals surface area contributed by atoms with E-state index in [4.69, 9.17) is 5.11 Å². The van der Waals surface area contributed by atoms with Gasteiger partial charge in [-0.15, -0.1) is 0 Å². The van der Waals surface area contributed by atoms with Gasteiger partial charge in [0, 0.05) is 25.7 Å². The van der Waals surface area contributed by atoms with Crippen LogP contribution in [0.25, 0.3) is 0 Å². The lowest BCUT2D eigenvalue weighted by atomic mass is 9.53. The average Bonchev–Trinajstić information content (AvgIpc) is 3.03. The lowest BCUT2D eigenvalue weighted by Gasteiger charge is -2.52. The van der Waals surface area contributed by atoms with E-state index in [1.807, 2.05) is 0 Å². The van der Waals surface area contributed by atoms with Gasteiger partial charge in [-0.25, -0.2) is 0 Å². The summed E-state index contributed by atoms with van der Waals surface area (Å²) in [5, 5.41) is 19.2. The van der Waals surface area contributed by atoms with Crippen LogP contribution < -0.4 is 0 Å². The number of ketones is 1. The lowest BCUT2D eigenvalue weighted by Crippen LogP contribution is -2.45. The molecule has 0 bridgehead atoms. The number of carboxylic acid groups (broad SMARTS) is 1. The Morgan fingerprint density at radius 3 is 2.67 bits per heavy atom. The number of rotatable bonds is 7. The van der Waals surface area contributed by atoms with Gasteiger partial charge in [0.1, 0.15) is 12.1 Å². The van der Waals surface area contributed by atoms with Crippen molar-refractivity contribution in [1.29, 1.82) is 0 Å². The number of Topliss-reactive ketones (excluding diaryl/α,β-unsaturated/α-hetero) is 1. The summed E-state index contributed by atoms with van der Waals surface area (Å²) in [6.07, 6.45) is 10.0. The van der Waals surface area contributed by atoms with Gasteiger partial charge in [-0.2, -0.15) is 0 Å². The van der Waals surface area contributed by atoms with Gasteiger partial charge < -0.3 is 15.0 Å². The van der Waals surface area contributed by atoms with Crippen molar-refractivity contribution in [2.24, 2.45) is 40.9 Å². The fourth-order valence-corrected chi connectivity index (χ4v) is 7.67. The average molecular weight is 421 g/mol. The van der Waals surface area contributed by atoms with Crippen LogP contribution in [0.15, 0.2) is 0 Å². The van der Waals surface area contributed by atoms with E-state index in [0.717, 1.165) is 51.2 Å². The molecule has 0 aromatic carbocycles. The normalized spacial score (nSPS) is 40.8. The van der Waals surface area contributed by atoms with Crippen LogP contribution in [0.2, 0.25) is 0 Å². The summed E-state index contributed by atoms with van der Waals surface area (Å²) in [5.41, 5.74) is 0.180. The summed E-state index contributed by atoms with van der Waals surface area (Å²) in [5.74, 6) is 2.11. The maximum Gasteiger partial charge on any atom is 0.303 e. The summed E-state index contributed by atoms with van der Waals surface area (Å²) in [7, 11) is 0. The monoisotopic (exact) mass is 420 g/mol. The van der Waals surface area contributed by atoms with Crippen molar-refractivity contribution in [3.05, 3.63) is 0 Å². The highest BCUT2D eigenvalue weighted by Gasteiger charge is 2.55. The molecule has 3 aliphatic carbocycles. The van der Waals surface area contributed by atoms with Crippen LogP contribution in [-0.4, -0.2) is 34.4 Å². The molecule has 0 radical (unpaired) electrons.